The predicted molar refractivity (Wildman–Crippen MR) is 460 cm³/mol. The number of phosphoric ester groups is 7. The first-order valence-electron chi connectivity index (χ1n) is 42.0. The van der Waals surface area contributed by atoms with E-state index in [9.17, 15) is 143 Å². The molecular formula is C70H93N14O50P7. The van der Waals surface area contributed by atoms with Crippen LogP contribution >= 0.6 is 54.8 Å². The van der Waals surface area contributed by atoms with Crippen molar-refractivity contribution in [3.8, 4) is 0 Å². The molecule has 141 heavy (non-hydrogen) atoms. The minimum absolute atomic E-state index is 0.0240. The molecular weight excluding hydrogens is 2050 g/mol. The van der Waals surface area contributed by atoms with E-state index in [1.54, 1.807) is 0 Å². The van der Waals surface area contributed by atoms with Crippen molar-refractivity contribution in [3.05, 3.63) is 228 Å². The maximum absolute atomic E-state index is 14.5. The summed E-state index contributed by atoms with van der Waals surface area (Å²) in [6.07, 6.45) is -33.3. The summed E-state index contributed by atoms with van der Waals surface area (Å²) in [5.41, 5.74) is -13.9. The van der Waals surface area contributed by atoms with Crippen molar-refractivity contribution >= 4 is 54.8 Å². The molecule has 16 N–H and O–H groups in total. The first-order chi connectivity index (χ1) is 65.8. The number of aryl methyl sites for hydroxylation is 7. The number of phosphoric acid groups is 7. The normalized spacial score (nSPS) is 29.6. The summed E-state index contributed by atoms with van der Waals surface area (Å²) in [6, 6.07) is 0. The maximum Gasteiger partial charge on any atom is 0.472 e. The van der Waals surface area contributed by atoms with Gasteiger partial charge in [-0.1, -0.05) is 0 Å². The second-order valence-electron chi connectivity index (χ2n) is 33.2. The molecule has 71 heteroatoms. The number of hydrogen-bond donors (Lipinski definition) is 16. The monoisotopic (exact) mass is 2150 g/mol. The molecule has 7 fully saturated rings. The second-order valence-corrected chi connectivity index (χ2v) is 42.9. The quantitative estimate of drug-likeness (QED) is 0.0166. The van der Waals surface area contributed by atoms with Gasteiger partial charge in [0.15, 0.2) is 0 Å². The van der Waals surface area contributed by atoms with Crippen LogP contribution < -0.4 is 78.7 Å². The van der Waals surface area contributed by atoms with Crippen molar-refractivity contribution in [3.63, 3.8) is 0 Å². The van der Waals surface area contributed by atoms with E-state index in [1.807, 2.05) is 29.9 Å². The molecule has 778 valence electrons. The minimum atomic E-state index is -5.82. The molecule has 7 aromatic rings. The van der Waals surface area contributed by atoms with Crippen LogP contribution in [-0.2, 0) is 124 Å². The fourth-order valence-corrected chi connectivity index (χ4v) is 21.9. The number of rotatable bonds is 40. The lowest BCUT2D eigenvalue weighted by Gasteiger charge is -2.26. The predicted octanol–water partition coefficient (Wildman–Crippen LogP) is -3.51. The molecule has 0 spiro atoms. The highest BCUT2D eigenvalue weighted by molar-refractivity contribution is 7.49. The van der Waals surface area contributed by atoms with Gasteiger partial charge >= 0.3 is 94.6 Å². The van der Waals surface area contributed by atoms with E-state index < -0.39 is 347 Å². The van der Waals surface area contributed by atoms with Crippen LogP contribution in [0, 0.1) is 48.5 Å². The summed E-state index contributed by atoms with van der Waals surface area (Å²) < 4.78 is 214. The molecule has 0 aliphatic carbocycles. The van der Waals surface area contributed by atoms with Gasteiger partial charge in [0, 0.05) is 127 Å². The fourth-order valence-electron chi connectivity index (χ4n) is 15.8. The zero-order chi connectivity index (χ0) is 103. The number of nitrogens with one attached hydrogen (secondary N) is 7. The minimum Gasteiger partial charge on any atom is -0.390 e. The lowest BCUT2D eigenvalue weighted by atomic mass is 10.2. The van der Waals surface area contributed by atoms with Crippen molar-refractivity contribution in [2.24, 2.45) is 0 Å². The van der Waals surface area contributed by atoms with Gasteiger partial charge in [0.2, 0.25) is 0 Å². The molecule has 64 nitrogen and oxygen atoms in total. The van der Waals surface area contributed by atoms with E-state index in [-0.39, 0.29) is 45.4 Å². The molecule has 0 amide bonds. The number of aromatic nitrogens is 14. The van der Waals surface area contributed by atoms with E-state index in [0.29, 0.717) is 0 Å². The Morgan fingerprint density at radius 1 is 0.248 bits per heavy atom. The van der Waals surface area contributed by atoms with E-state index in [1.165, 1.54) is 48.5 Å². The summed E-state index contributed by atoms with van der Waals surface area (Å²) in [6.45, 7) is 0.851. The molecule has 0 aromatic carbocycles. The zero-order valence-electron chi connectivity index (χ0n) is 74.1. The van der Waals surface area contributed by atoms with Gasteiger partial charge in [0.25, 0.3) is 38.9 Å². The van der Waals surface area contributed by atoms with Crippen LogP contribution in [0.2, 0.25) is 0 Å². The van der Waals surface area contributed by atoms with Crippen molar-refractivity contribution in [1.82, 2.24) is 66.9 Å². The van der Waals surface area contributed by atoms with Crippen LogP contribution in [-0.4, -0.2) is 243 Å². The number of nitrogens with zero attached hydrogens (tertiary/aromatic N) is 7. The SMILES string of the molecule is Cc1cn([C@H]2C[C@H](OP(=O)(O)OC[C@H]3O[C@@H](n4cc(C)c(=O)[nH]c4=O)C[C@@H]3OP(=O)(O)OC[C@H]3O[C@@H](n4cc(C)c(=O)[nH]c4=O)C[C@@H]3OP(=O)(O)OC[C@H]3O[C@@H](n4cc(C)c(=O)[nH]c4=O)C[C@@H]3OP(=O)(O)OC[C@H]3O[C@@H](n4cc(C)c(=O)[nH]c4=O)C[C@@H]3OP(=O)(O)OC[C@H]3O[C@@H](n4cc(C)c(=O)[nH]c4=O)C[C@@H]3OP(=O)(O)OC[C@H]3O[C@@H](n4cc(C)c(=O)[nH]c4=O)C[C@@H]3O)[C@@H](COP(=O)(O)O)O2)c(=O)[nH]c1=O. The molecule has 0 saturated carbocycles. The number of H-pyrrole nitrogens is 7. The Hall–Kier alpha value is -8.79. The first-order valence-corrected chi connectivity index (χ1v) is 52.5. The lowest BCUT2D eigenvalue weighted by molar-refractivity contribution is -0.0661. The zero-order valence-corrected chi connectivity index (χ0v) is 80.4. The van der Waals surface area contributed by atoms with E-state index in [2.05, 4.69) is 9.51 Å². The number of ether oxygens (including phenoxy) is 7. The van der Waals surface area contributed by atoms with Gasteiger partial charge < -0.3 is 77.4 Å². The van der Waals surface area contributed by atoms with Crippen molar-refractivity contribution < 1.29 is 168 Å². The average Bonchev–Trinajstić information content (AvgIpc) is 1.65. The molecule has 0 radical (unpaired) electrons. The highest BCUT2D eigenvalue weighted by atomic mass is 31.2. The third kappa shape index (κ3) is 26.6. The Kier molecular flexibility index (Phi) is 32.7. The number of aliphatic hydroxyl groups excluding tert-OH is 1. The van der Waals surface area contributed by atoms with Crippen LogP contribution in [0.15, 0.2) is 111 Å². The van der Waals surface area contributed by atoms with Gasteiger partial charge in [0.1, 0.15) is 123 Å². The first kappa shape index (κ1) is 108. The molecule has 14 rings (SSSR count). The maximum atomic E-state index is 14.5. The van der Waals surface area contributed by atoms with E-state index in [4.69, 9.17) is 87.4 Å². The molecule has 7 aliphatic rings. The Bertz CT molecular complexity index is 7090. The largest absolute Gasteiger partial charge is 0.472 e. The van der Waals surface area contributed by atoms with Crippen molar-refractivity contribution in [2.45, 2.75) is 222 Å². The number of hydrogen-bond acceptors (Lipinski definition) is 42. The summed E-state index contributed by atoms with van der Waals surface area (Å²) in [7, 11) is -39.4. The fraction of sp³-hybridized carbons (Fsp3) is 0.600. The third-order valence-electron chi connectivity index (χ3n) is 22.9. The Labute approximate surface area is 783 Å². The molecule has 0 bridgehead atoms. The van der Waals surface area contributed by atoms with Gasteiger partial charge in [-0.15, -0.1) is 0 Å². The van der Waals surface area contributed by atoms with Crippen LogP contribution in [0.25, 0.3) is 0 Å². The second kappa shape index (κ2) is 42.7. The summed E-state index contributed by atoms with van der Waals surface area (Å²) >= 11 is 0. The van der Waals surface area contributed by atoms with Gasteiger partial charge in [-0.05, 0) is 48.5 Å². The van der Waals surface area contributed by atoms with E-state index in [0.717, 1.165) is 75.3 Å². The number of aliphatic hydroxyl groups is 1. The van der Waals surface area contributed by atoms with Crippen molar-refractivity contribution in [1.29, 1.82) is 0 Å². The third-order valence-corrected chi connectivity index (χ3v) is 29.5. The molecule has 6 unspecified atom stereocenters. The smallest absolute Gasteiger partial charge is 0.390 e. The van der Waals surface area contributed by atoms with Crippen LogP contribution in [0.1, 0.15) is 127 Å². The van der Waals surface area contributed by atoms with Gasteiger partial charge in [0.05, 0.1) is 52.4 Å². The van der Waals surface area contributed by atoms with Crippen LogP contribution in [0.3, 0.4) is 0 Å². The molecule has 7 aromatic heterocycles. The molecule has 14 heterocycles. The lowest BCUT2D eigenvalue weighted by Crippen LogP contribution is -2.33. The van der Waals surface area contributed by atoms with Crippen molar-refractivity contribution in [2.75, 3.05) is 46.2 Å². The summed E-state index contributed by atoms with van der Waals surface area (Å²) in [5.74, 6) is 0. The van der Waals surface area contributed by atoms with Crippen LogP contribution in [0.5, 0.6) is 0 Å². The molecule has 7 aliphatic heterocycles. The highest BCUT2D eigenvalue weighted by Crippen LogP contribution is 2.58. The van der Waals surface area contributed by atoms with Crippen LogP contribution in [0.4, 0.5) is 0 Å². The van der Waals surface area contributed by atoms with Gasteiger partial charge in [-0.3, -0.25) is 159 Å². The summed E-state index contributed by atoms with van der Waals surface area (Å²) in [4.78, 5) is 281. The standard InChI is InChI=1S/C70H93N14O50P7/c1-29-15-78(64(93)71-57(29)86)50-8-36(85)43(122-50)22-116-136(103,104)130-38-10-52(80-17-31(3)59(88)73-66(80)95)124-45(38)24-118-138(107,108)132-40-12-54(82-19-33(5)61(90)75-68(82)97)126-47(40)26-120-140(111,112)134-42-14-56(84-21-35(7)63(92)77-70(84)99)128-49(42)28-121-141(113,114)133-41-13-55(83-20-34(6)62(91)76-69(83)98)127-48(41)27-119-139(109,110)131-39-11-53(81-18-32(4)60(89)74-67(81)96)125-46(39)25-117-137(105,106)129-37-9-51(123-44(37)23-115-135(100,101)102)79-16-30(2)58(87)72-65(79)94/h15-21,36-56,85H,8-14,22-28H2,1-7H3,(H,103,104)(H,105,106)(H,107,108)(H,109,110)(H,111,112)(H,113,114)(H,71,86,93)(H,72,87,94)(H,73,88,95)(H,74,89,96)(H,75,90,97)(H,76,91,98)(H,77,92,99)(H2,100,101,102)/t36-,37-,38-,39-,40-,41-,42-,43+,44+,45+,46+,47+,48+,49+,50+,51+,52+,53+,54+,55+,56+/m0/s1. The summed E-state index contributed by atoms with van der Waals surface area (Å²) in [5, 5.41) is 10.9. The average molecular weight is 2150 g/mol. The topological polar surface area (TPSA) is 870 Å². The Morgan fingerprint density at radius 3 is 0.553 bits per heavy atom. The molecule has 27 atom stereocenters. The highest BCUT2D eigenvalue weighted by Gasteiger charge is 2.53. The Morgan fingerprint density at radius 2 is 0.390 bits per heavy atom. The van der Waals surface area contributed by atoms with Gasteiger partial charge in [-0.2, -0.15) is 0 Å². The van der Waals surface area contributed by atoms with E-state index >= 15 is 0 Å². The molecule has 7 saturated heterocycles. The van der Waals surface area contributed by atoms with Gasteiger partial charge in [-0.25, -0.2) is 65.5 Å². The Balaban J connectivity index is 0.664. The number of aromatic amines is 7.